The smallest absolute Gasteiger partial charge is 0.193 e. The Balaban J connectivity index is 0.00000243. The fourth-order valence-corrected chi connectivity index (χ4v) is 6.23. The van der Waals surface area contributed by atoms with Crippen molar-refractivity contribution in [3.63, 3.8) is 0 Å². The number of aliphatic imine (C=N–C) groups is 1. The molecule has 0 spiro atoms. The third-order valence-corrected chi connectivity index (χ3v) is 7.54. The van der Waals surface area contributed by atoms with E-state index >= 15 is 0 Å². The van der Waals surface area contributed by atoms with Crippen LogP contribution in [0.15, 0.2) is 22.5 Å². The zero-order chi connectivity index (χ0) is 17.9. The van der Waals surface area contributed by atoms with Crippen LogP contribution in [0, 0.1) is 5.92 Å². The summed E-state index contributed by atoms with van der Waals surface area (Å²) in [7, 11) is 4.19. The van der Waals surface area contributed by atoms with Crippen LogP contribution in [-0.2, 0) is 0 Å². The van der Waals surface area contributed by atoms with Crippen molar-refractivity contribution < 1.29 is 0 Å². The Labute approximate surface area is 184 Å². The summed E-state index contributed by atoms with van der Waals surface area (Å²) < 4.78 is 0.306. The minimum Gasteiger partial charge on any atom is -0.356 e. The van der Waals surface area contributed by atoms with Gasteiger partial charge in [0.05, 0.1) is 0 Å². The van der Waals surface area contributed by atoms with Gasteiger partial charge in [-0.15, -0.1) is 35.3 Å². The van der Waals surface area contributed by atoms with E-state index in [1.54, 1.807) is 0 Å². The van der Waals surface area contributed by atoms with E-state index in [9.17, 15) is 0 Å². The maximum Gasteiger partial charge on any atom is 0.193 e. The molecule has 0 saturated carbocycles. The van der Waals surface area contributed by atoms with Crippen molar-refractivity contribution in [2.24, 2.45) is 10.9 Å². The minimum absolute atomic E-state index is 0. The molecule has 0 bridgehead atoms. The molecule has 2 unspecified atom stereocenters. The Morgan fingerprint density at radius 1 is 1.38 bits per heavy atom. The molecule has 1 aromatic rings. The standard InChI is InChI=1S/C19H32N4S2.HI/c1-19(2)14-23(10-12-25-19)18(20-3)21-13-15-7-5-9-22(4)17(15)16-8-6-11-24-16;/h6,8,11,15,17H,5,7,9-10,12-14H2,1-4H3,(H,20,21);1H. The highest BCUT2D eigenvalue weighted by atomic mass is 127. The predicted octanol–water partition coefficient (Wildman–Crippen LogP) is 4.15. The van der Waals surface area contributed by atoms with Crippen molar-refractivity contribution in [1.82, 2.24) is 15.1 Å². The molecule has 0 aliphatic carbocycles. The van der Waals surface area contributed by atoms with Gasteiger partial charge in [0.1, 0.15) is 0 Å². The van der Waals surface area contributed by atoms with E-state index in [4.69, 9.17) is 0 Å². The van der Waals surface area contributed by atoms with Crippen LogP contribution in [0.3, 0.4) is 0 Å². The first-order valence-electron chi connectivity index (χ1n) is 9.33. The molecule has 1 aromatic heterocycles. The lowest BCUT2D eigenvalue weighted by atomic mass is 9.88. The van der Waals surface area contributed by atoms with E-state index in [2.05, 4.69) is 70.3 Å². The van der Waals surface area contributed by atoms with Gasteiger partial charge in [0, 0.05) is 48.1 Å². The fraction of sp³-hybridized carbons (Fsp3) is 0.737. The van der Waals surface area contributed by atoms with E-state index in [1.165, 1.54) is 30.0 Å². The average molecular weight is 509 g/mol. The first kappa shape index (κ1) is 22.3. The summed E-state index contributed by atoms with van der Waals surface area (Å²) in [5.41, 5.74) is 0. The quantitative estimate of drug-likeness (QED) is 0.378. The summed E-state index contributed by atoms with van der Waals surface area (Å²) in [5.74, 6) is 2.89. The number of hydrogen-bond acceptors (Lipinski definition) is 4. The molecule has 1 N–H and O–H groups in total. The highest BCUT2D eigenvalue weighted by Gasteiger charge is 2.32. The molecule has 0 radical (unpaired) electrons. The van der Waals surface area contributed by atoms with Gasteiger partial charge < -0.3 is 10.2 Å². The Morgan fingerprint density at radius 2 is 2.19 bits per heavy atom. The number of piperidine rings is 1. The van der Waals surface area contributed by atoms with Crippen molar-refractivity contribution in [3.05, 3.63) is 22.4 Å². The van der Waals surface area contributed by atoms with Crippen molar-refractivity contribution in [2.45, 2.75) is 37.5 Å². The molecule has 4 nitrogen and oxygen atoms in total. The lowest BCUT2D eigenvalue weighted by Crippen LogP contribution is -2.52. The molecule has 148 valence electrons. The van der Waals surface area contributed by atoms with Crippen molar-refractivity contribution in [1.29, 1.82) is 0 Å². The summed E-state index contributed by atoms with van der Waals surface area (Å²) in [4.78, 5) is 11.0. The monoisotopic (exact) mass is 508 g/mol. The number of halogens is 1. The van der Waals surface area contributed by atoms with Crippen molar-refractivity contribution in [3.8, 4) is 0 Å². The van der Waals surface area contributed by atoms with Crippen LogP contribution in [-0.4, -0.2) is 66.5 Å². The van der Waals surface area contributed by atoms with E-state index in [0.717, 1.165) is 25.6 Å². The number of hydrogen-bond donors (Lipinski definition) is 1. The number of likely N-dealkylation sites (tertiary alicyclic amines) is 1. The molecule has 7 heteroatoms. The molecule has 0 amide bonds. The summed E-state index contributed by atoms with van der Waals surface area (Å²) >= 11 is 3.96. The van der Waals surface area contributed by atoms with Gasteiger partial charge in [-0.05, 0) is 57.6 Å². The first-order chi connectivity index (χ1) is 12.0. The second kappa shape index (κ2) is 9.98. The molecule has 2 fully saturated rings. The SMILES string of the molecule is CN=C(NCC1CCCN(C)C1c1cccs1)N1CCSC(C)(C)C1.I. The van der Waals surface area contributed by atoms with Gasteiger partial charge in [-0.3, -0.25) is 9.89 Å². The molecular weight excluding hydrogens is 475 g/mol. The van der Waals surface area contributed by atoms with E-state index in [-0.39, 0.29) is 24.0 Å². The van der Waals surface area contributed by atoms with E-state index in [1.807, 2.05) is 18.4 Å². The molecule has 2 aliphatic rings. The number of guanidine groups is 1. The zero-order valence-corrected chi connectivity index (χ0v) is 20.4. The molecular formula is C19H33IN4S2. The molecule has 2 aliphatic heterocycles. The van der Waals surface area contributed by atoms with Gasteiger partial charge >= 0.3 is 0 Å². The fourth-order valence-electron chi connectivity index (χ4n) is 4.13. The Bertz CT molecular complexity index is 576. The van der Waals surface area contributed by atoms with Crippen molar-refractivity contribution in [2.75, 3.05) is 46.0 Å². The topological polar surface area (TPSA) is 30.9 Å². The number of rotatable bonds is 3. The van der Waals surface area contributed by atoms with Crippen LogP contribution in [0.2, 0.25) is 0 Å². The van der Waals surface area contributed by atoms with Crippen molar-refractivity contribution >= 4 is 53.0 Å². The molecule has 26 heavy (non-hydrogen) atoms. The zero-order valence-electron chi connectivity index (χ0n) is 16.4. The Kier molecular flexibility index (Phi) is 8.56. The van der Waals surface area contributed by atoms with Crippen LogP contribution in [0.25, 0.3) is 0 Å². The maximum atomic E-state index is 4.58. The first-order valence-corrected chi connectivity index (χ1v) is 11.2. The van der Waals surface area contributed by atoms with E-state index in [0.29, 0.717) is 16.7 Å². The van der Waals surface area contributed by atoms with Gasteiger partial charge in [-0.25, -0.2) is 0 Å². The lowest BCUT2D eigenvalue weighted by Gasteiger charge is -2.41. The van der Waals surface area contributed by atoms with Gasteiger partial charge in [0.15, 0.2) is 5.96 Å². The third-order valence-electron chi connectivity index (χ3n) is 5.30. The van der Waals surface area contributed by atoms with Gasteiger partial charge in [0.2, 0.25) is 0 Å². The third kappa shape index (κ3) is 5.52. The highest BCUT2D eigenvalue weighted by molar-refractivity contribution is 14.0. The number of thiophene rings is 1. The maximum absolute atomic E-state index is 4.58. The van der Waals surface area contributed by atoms with Crippen LogP contribution >= 0.6 is 47.1 Å². The number of nitrogens with zero attached hydrogens (tertiary/aromatic N) is 3. The van der Waals surface area contributed by atoms with Crippen LogP contribution in [0.5, 0.6) is 0 Å². The average Bonchev–Trinajstić information content (AvgIpc) is 3.08. The second-order valence-electron chi connectivity index (χ2n) is 7.80. The summed E-state index contributed by atoms with van der Waals surface area (Å²) in [6.07, 6.45) is 2.58. The predicted molar refractivity (Wildman–Crippen MR) is 127 cm³/mol. The van der Waals surface area contributed by atoms with Gasteiger partial charge in [-0.2, -0.15) is 11.8 Å². The normalized spacial score (nSPS) is 27.1. The number of thioether (sulfide) groups is 1. The molecule has 2 atom stereocenters. The largest absolute Gasteiger partial charge is 0.356 e. The van der Waals surface area contributed by atoms with E-state index < -0.39 is 0 Å². The van der Waals surface area contributed by atoms with Gasteiger partial charge in [-0.1, -0.05) is 6.07 Å². The van der Waals surface area contributed by atoms with Crippen LogP contribution in [0.1, 0.15) is 37.6 Å². The lowest BCUT2D eigenvalue weighted by molar-refractivity contribution is 0.124. The molecule has 3 rings (SSSR count). The summed E-state index contributed by atoms with van der Waals surface area (Å²) in [6.45, 7) is 9.03. The minimum atomic E-state index is 0. The van der Waals surface area contributed by atoms with Gasteiger partial charge in [0.25, 0.3) is 0 Å². The highest BCUT2D eigenvalue weighted by Crippen LogP contribution is 2.37. The molecule has 2 saturated heterocycles. The Morgan fingerprint density at radius 3 is 2.85 bits per heavy atom. The summed E-state index contributed by atoms with van der Waals surface area (Å²) in [6, 6.07) is 5.01. The molecule has 0 aromatic carbocycles. The number of nitrogens with one attached hydrogen (secondary N) is 1. The second-order valence-corrected chi connectivity index (χ2v) is 10.6. The summed E-state index contributed by atoms with van der Waals surface area (Å²) in [5, 5.41) is 5.91. The van der Waals surface area contributed by atoms with Crippen LogP contribution < -0.4 is 5.32 Å². The van der Waals surface area contributed by atoms with Crippen LogP contribution in [0.4, 0.5) is 0 Å². The molecule has 3 heterocycles. The Hall–Kier alpha value is 0.01000.